The van der Waals surface area contributed by atoms with Crippen LogP contribution in [-0.2, 0) is 6.54 Å². The maximum absolute atomic E-state index is 13.2. The molecule has 90 valence electrons. The van der Waals surface area contributed by atoms with Gasteiger partial charge >= 0.3 is 0 Å². The highest BCUT2D eigenvalue weighted by Gasteiger charge is 2.31. The first-order valence-corrected chi connectivity index (χ1v) is 5.61. The molecule has 0 spiro atoms. The van der Waals surface area contributed by atoms with E-state index in [4.69, 9.17) is 10.2 Å². The zero-order valence-corrected chi connectivity index (χ0v) is 9.74. The molecule has 0 radical (unpaired) electrons. The fraction of sp³-hybridized carbons (Fsp3) is 0.727. The van der Waals surface area contributed by atoms with E-state index in [0.717, 1.165) is 11.5 Å². The number of nitrogens with two attached hydrogens (primary N) is 1. The number of hydrogen-bond donors (Lipinski definition) is 1. The minimum atomic E-state index is -0.772. The third kappa shape index (κ3) is 2.25. The predicted molar refractivity (Wildman–Crippen MR) is 58.7 cm³/mol. The highest BCUT2D eigenvalue weighted by molar-refractivity contribution is 5.05. The van der Waals surface area contributed by atoms with Gasteiger partial charge in [-0.2, -0.15) is 0 Å². The zero-order chi connectivity index (χ0) is 11.7. The molecule has 0 amide bonds. The van der Waals surface area contributed by atoms with Gasteiger partial charge in [-0.05, 0) is 20.3 Å². The van der Waals surface area contributed by atoms with Crippen LogP contribution < -0.4 is 5.73 Å². The SMILES string of the molecule is Cc1nc(CN2C[C@@H](F)C[C@H]2CN)oc1C. The van der Waals surface area contributed by atoms with E-state index in [1.54, 1.807) is 0 Å². The molecule has 2 atom stereocenters. The molecule has 1 aromatic rings. The van der Waals surface area contributed by atoms with Crippen molar-refractivity contribution in [1.82, 2.24) is 9.88 Å². The number of aromatic nitrogens is 1. The Morgan fingerprint density at radius 2 is 2.31 bits per heavy atom. The molecule has 1 saturated heterocycles. The average Bonchev–Trinajstić information content (AvgIpc) is 2.72. The second-order valence-electron chi connectivity index (χ2n) is 4.40. The molecule has 0 unspecified atom stereocenters. The van der Waals surface area contributed by atoms with Crippen LogP contribution in [0.4, 0.5) is 4.39 Å². The summed E-state index contributed by atoms with van der Waals surface area (Å²) in [7, 11) is 0. The molecule has 1 aliphatic rings. The van der Waals surface area contributed by atoms with Gasteiger partial charge in [0.2, 0.25) is 5.89 Å². The molecule has 1 aromatic heterocycles. The lowest BCUT2D eigenvalue weighted by Gasteiger charge is -2.20. The molecular formula is C11H18FN3O. The summed E-state index contributed by atoms with van der Waals surface area (Å²) in [5, 5.41) is 0. The second kappa shape index (κ2) is 4.51. The number of likely N-dealkylation sites (tertiary alicyclic amines) is 1. The summed E-state index contributed by atoms with van der Waals surface area (Å²) in [6, 6.07) is 0.113. The Labute approximate surface area is 94.6 Å². The third-order valence-corrected chi connectivity index (χ3v) is 3.16. The van der Waals surface area contributed by atoms with Crippen LogP contribution >= 0.6 is 0 Å². The standard InChI is InChI=1S/C11H18FN3O/c1-7-8(2)16-11(14-7)6-15-5-9(12)3-10(15)4-13/h9-10H,3-6,13H2,1-2H3/t9-,10-/m0/s1. The first kappa shape index (κ1) is 11.5. The van der Waals surface area contributed by atoms with E-state index in [1.165, 1.54) is 0 Å². The molecule has 1 fully saturated rings. The number of halogens is 1. The van der Waals surface area contributed by atoms with E-state index in [2.05, 4.69) is 4.98 Å². The van der Waals surface area contributed by atoms with E-state index in [1.807, 2.05) is 18.7 Å². The Kier molecular flexibility index (Phi) is 3.25. The monoisotopic (exact) mass is 227 g/mol. The molecule has 0 saturated carbocycles. The van der Waals surface area contributed by atoms with Crippen molar-refractivity contribution >= 4 is 0 Å². The first-order chi connectivity index (χ1) is 7.60. The maximum atomic E-state index is 13.2. The number of rotatable bonds is 3. The van der Waals surface area contributed by atoms with E-state index in [9.17, 15) is 4.39 Å². The van der Waals surface area contributed by atoms with Crippen molar-refractivity contribution in [2.75, 3.05) is 13.1 Å². The van der Waals surface area contributed by atoms with Crippen LogP contribution in [0.5, 0.6) is 0 Å². The van der Waals surface area contributed by atoms with Crippen molar-refractivity contribution in [2.24, 2.45) is 5.73 Å². The van der Waals surface area contributed by atoms with Crippen LogP contribution in [0.25, 0.3) is 0 Å². The van der Waals surface area contributed by atoms with Gasteiger partial charge in [-0.15, -0.1) is 0 Å². The van der Waals surface area contributed by atoms with E-state index in [-0.39, 0.29) is 6.04 Å². The quantitative estimate of drug-likeness (QED) is 0.842. The molecule has 16 heavy (non-hydrogen) atoms. The van der Waals surface area contributed by atoms with Crippen LogP contribution in [0, 0.1) is 13.8 Å². The molecule has 0 aliphatic carbocycles. The summed E-state index contributed by atoms with van der Waals surface area (Å²) in [4.78, 5) is 6.31. The van der Waals surface area contributed by atoms with Gasteiger partial charge in [-0.25, -0.2) is 9.37 Å². The Hall–Kier alpha value is -0.940. The highest BCUT2D eigenvalue weighted by atomic mass is 19.1. The summed E-state index contributed by atoms with van der Waals surface area (Å²) in [6.07, 6.45) is -0.250. The number of hydrogen-bond acceptors (Lipinski definition) is 4. The number of nitrogens with zero attached hydrogens (tertiary/aromatic N) is 2. The van der Waals surface area contributed by atoms with Crippen LogP contribution in [0.1, 0.15) is 23.8 Å². The van der Waals surface area contributed by atoms with Crippen LogP contribution in [-0.4, -0.2) is 35.2 Å². The molecule has 2 heterocycles. The molecule has 2 rings (SSSR count). The van der Waals surface area contributed by atoms with Gasteiger partial charge in [0.1, 0.15) is 11.9 Å². The number of alkyl halides is 1. The van der Waals surface area contributed by atoms with Gasteiger partial charge < -0.3 is 10.2 Å². The molecule has 1 aliphatic heterocycles. The van der Waals surface area contributed by atoms with Gasteiger partial charge in [0.15, 0.2) is 0 Å². The van der Waals surface area contributed by atoms with Crippen molar-refractivity contribution in [2.45, 2.75) is 39.0 Å². The van der Waals surface area contributed by atoms with Crippen LogP contribution in [0.15, 0.2) is 4.42 Å². The van der Waals surface area contributed by atoms with Gasteiger partial charge in [-0.1, -0.05) is 0 Å². The number of aryl methyl sites for hydroxylation is 2. The molecular weight excluding hydrogens is 209 g/mol. The second-order valence-corrected chi connectivity index (χ2v) is 4.40. The summed E-state index contributed by atoms with van der Waals surface area (Å²) in [5.41, 5.74) is 6.51. The Morgan fingerprint density at radius 3 is 2.88 bits per heavy atom. The van der Waals surface area contributed by atoms with Crippen molar-refractivity contribution in [3.05, 3.63) is 17.3 Å². The maximum Gasteiger partial charge on any atom is 0.208 e. The largest absolute Gasteiger partial charge is 0.444 e. The van der Waals surface area contributed by atoms with Crippen molar-refractivity contribution < 1.29 is 8.81 Å². The minimum absolute atomic E-state index is 0.113. The van der Waals surface area contributed by atoms with Crippen LogP contribution in [0.3, 0.4) is 0 Å². The highest BCUT2D eigenvalue weighted by Crippen LogP contribution is 2.22. The van der Waals surface area contributed by atoms with E-state index in [0.29, 0.717) is 31.9 Å². The zero-order valence-electron chi connectivity index (χ0n) is 9.74. The molecule has 4 nitrogen and oxygen atoms in total. The lowest BCUT2D eigenvalue weighted by molar-refractivity contribution is 0.215. The molecule has 0 bridgehead atoms. The van der Waals surface area contributed by atoms with Gasteiger partial charge in [-0.3, -0.25) is 4.90 Å². The molecule has 0 aromatic carbocycles. The minimum Gasteiger partial charge on any atom is -0.444 e. The average molecular weight is 227 g/mol. The van der Waals surface area contributed by atoms with Gasteiger partial charge in [0.05, 0.1) is 12.2 Å². The van der Waals surface area contributed by atoms with Crippen LogP contribution in [0.2, 0.25) is 0 Å². The Morgan fingerprint density at radius 1 is 1.56 bits per heavy atom. The first-order valence-electron chi connectivity index (χ1n) is 5.61. The topological polar surface area (TPSA) is 55.3 Å². The number of oxazole rings is 1. The van der Waals surface area contributed by atoms with Crippen molar-refractivity contribution in [1.29, 1.82) is 0 Å². The predicted octanol–water partition coefficient (Wildman–Crippen LogP) is 1.16. The Bertz CT molecular complexity index is 347. The lowest BCUT2D eigenvalue weighted by Crippen LogP contribution is -2.35. The van der Waals surface area contributed by atoms with Crippen molar-refractivity contribution in [3.63, 3.8) is 0 Å². The molecule has 2 N–H and O–H groups in total. The summed E-state index contributed by atoms with van der Waals surface area (Å²) >= 11 is 0. The van der Waals surface area contributed by atoms with Crippen molar-refractivity contribution in [3.8, 4) is 0 Å². The van der Waals surface area contributed by atoms with E-state index >= 15 is 0 Å². The van der Waals surface area contributed by atoms with Gasteiger partial charge in [0, 0.05) is 19.1 Å². The fourth-order valence-electron chi connectivity index (χ4n) is 2.14. The van der Waals surface area contributed by atoms with Gasteiger partial charge in [0.25, 0.3) is 0 Å². The third-order valence-electron chi connectivity index (χ3n) is 3.16. The smallest absolute Gasteiger partial charge is 0.208 e. The summed E-state index contributed by atoms with van der Waals surface area (Å²) in [6.45, 7) is 5.26. The fourth-order valence-corrected chi connectivity index (χ4v) is 2.14. The lowest BCUT2D eigenvalue weighted by atomic mass is 10.2. The molecule has 5 heteroatoms. The Balaban J connectivity index is 2.03. The normalized spacial score (nSPS) is 26.5. The van der Waals surface area contributed by atoms with E-state index < -0.39 is 6.17 Å². The summed E-state index contributed by atoms with van der Waals surface area (Å²) in [5.74, 6) is 1.48. The summed E-state index contributed by atoms with van der Waals surface area (Å²) < 4.78 is 18.7.